The number of rotatable bonds is 5. The number of likely N-dealkylation sites (N-methyl/N-ethyl adjacent to an activating group) is 1. The molecular formula is C9H19N3O2. The molecule has 0 unspecified atom stereocenters. The van der Waals surface area contributed by atoms with Crippen LogP contribution in [0.2, 0.25) is 0 Å². The van der Waals surface area contributed by atoms with Gasteiger partial charge in [0.05, 0.1) is 12.6 Å². The number of ketones is 1. The molecule has 5 nitrogen and oxygen atoms in total. The molecule has 1 aliphatic heterocycles. The van der Waals surface area contributed by atoms with Gasteiger partial charge in [0.1, 0.15) is 5.78 Å². The van der Waals surface area contributed by atoms with Crippen LogP contribution in [-0.2, 0) is 9.59 Å². The Labute approximate surface area is 84.6 Å². The van der Waals surface area contributed by atoms with Crippen LogP contribution < -0.4 is 16.0 Å². The zero-order valence-corrected chi connectivity index (χ0v) is 9.02. The van der Waals surface area contributed by atoms with Crippen LogP contribution in [0.5, 0.6) is 0 Å². The van der Waals surface area contributed by atoms with E-state index < -0.39 is 0 Å². The quantitative estimate of drug-likeness (QED) is 0.493. The molecule has 14 heavy (non-hydrogen) atoms. The molecule has 1 atom stereocenters. The standard InChI is InChI=1S/C7H16N2O.C2H3NO/c1-6(10)7(9-3)4-5-8-2;4-2-1-3-2/h7-9H,4-5H2,1-3H3;1H2,(H,3,4)/t7-;/m0./s1. The molecule has 3 N–H and O–H groups in total. The third-order valence-corrected chi connectivity index (χ3v) is 1.84. The molecule has 5 heteroatoms. The van der Waals surface area contributed by atoms with Gasteiger partial charge < -0.3 is 16.0 Å². The highest BCUT2D eigenvalue weighted by molar-refractivity contribution is 5.91. The van der Waals surface area contributed by atoms with E-state index in [4.69, 9.17) is 0 Å². The van der Waals surface area contributed by atoms with Crippen molar-refractivity contribution in [2.45, 2.75) is 19.4 Å². The summed E-state index contributed by atoms with van der Waals surface area (Å²) in [5.41, 5.74) is 0. The molecule has 0 radical (unpaired) electrons. The molecule has 0 aromatic carbocycles. The van der Waals surface area contributed by atoms with Gasteiger partial charge in [0.15, 0.2) is 0 Å². The Bertz CT molecular complexity index is 188. The maximum absolute atomic E-state index is 10.8. The number of nitrogens with one attached hydrogen (secondary N) is 3. The molecule has 1 fully saturated rings. The first kappa shape index (κ1) is 13.1. The number of hydrogen-bond donors (Lipinski definition) is 3. The third-order valence-electron chi connectivity index (χ3n) is 1.84. The van der Waals surface area contributed by atoms with E-state index >= 15 is 0 Å². The first-order valence-electron chi connectivity index (χ1n) is 4.70. The SMILES string of the molecule is CNCC[C@H](NC)C(C)=O.O=C1CN1. The molecule has 1 amide bonds. The van der Waals surface area contributed by atoms with E-state index in [0.717, 1.165) is 13.0 Å². The van der Waals surface area contributed by atoms with Crippen molar-refractivity contribution in [3.8, 4) is 0 Å². The van der Waals surface area contributed by atoms with Gasteiger partial charge in [0.2, 0.25) is 5.91 Å². The van der Waals surface area contributed by atoms with Crippen molar-refractivity contribution in [3.63, 3.8) is 0 Å². The van der Waals surface area contributed by atoms with Gasteiger partial charge in [-0.15, -0.1) is 0 Å². The van der Waals surface area contributed by atoms with Crippen LogP contribution in [-0.4, -0.2) is 44.9 Å². The van der Waals surface area contributed by atoms with Gasteiger partial charge in [0, 0.05) is 0 Å². The minimum atomic E-state index is 0.0208. The van der Waals surface area contributed by atoms with Crippen molar-refractivity contribution in [2.24, 2.45) is 0 Å². The molecule has 1 heterocycles. The minimum absolute atomic E-state index is 0.0208. The topological polar surface area (TPSA) is 80.1 Å². The lowest BCUT2D eigenvalue weighted by Crippen LogP contribution is -2.34. The number of amides is 1. The largest absolute Gasteiger partial charge is 0.346 e. The molecular weight excluding hydrogens is 182 g/mol. The molecule has 0 aliphatic carbocycles. The minimum Gasteiger partial charge on any atom is -0.346 e. The normalized spacial score (nSPS) is 14.9. The molecule has 1 saturated heterocycles. The van der Waals surface area contributed by atoms with E-state index in [1.54, 1.807) is 6.92 Å². The summed E-state index contributed by atoms with van der Waals surface area (Å²) in [6.07, 6.45) is 0.863. The Morgan fingerprint density at radius 2 is 2.07 bits per heavy atom. The summed E-state index contributed by atoms with van der Waals surface area (Å²) >= 11 is 0. The molecule has 0 bridgehead atoms. The summed E-state index contributed by atoms with van der Waals surface area (Å²) in [6.45, 7) is 3.09. The Hall–Kier alpha value is -0.940. The van der Waals surface area contributed by atoms with Crippen LogP contribution in [0.3, 0.4) is 0 Å². The molecule has 0 saturated carbocycles. The number of hydrogen-bond acceptors (Lipinski definition) is 4. The lowest BCUT2D eigenvalue weighted by Gasteiger charge is -2.10. The zero-order chi connectivity index (χ0) is 11.0. The highest BCUT2D eigenvalue weighted by Gasteiger charge is 2.10. The second kappa shape index (κ2) is 7.46. The van der Waals surface area contributed by atoms with Crippen molar-refractivity contribution in [3.05, 3.63) is 0 Å². The van der Waals surface area contributed by atoms with Crippen molar-refractivity contribution in [1.29, 1.82) is 0 Å². The number of Topliss-reactive ketones (excluding diaryl/α,β-unsaturated/α-hetero) is 1. The Kier molecular flexibility index (Phi) is 6.96. The second-order valence-corrected chi connectivity index (χ2v) is 3.12. The maximum Gasteiger partial charge on any atom is 0.239 e. The van der Waals surface area contributed by atoms with E-state index in [0.29, 0.717) is 6.54 Å². The number of carbonyl (C=O) groups is 2. The highest BCUT2D eigenvalue weighted by Crippen LogP contribution is 1.90. The van der Waals surface area contributed by atoms with Gasteiger partial charge in [-0.2, -0.15) is 0 Å². The number of carbonyl (C=O) groups excluding carboxylic acids is 2. The van der Waals surface area contributed by atoms with Gasteiger partial charge in [-0.05, 0) is 34.0 Å². The molecule has 0 aromatic rings. The predicted octanol–water partition coefficient (Wildman–Crippen LogP) is -1.11. The van der Waals surface area contributed by atoms with Crippen molar-refractivity contribution >= 4 is 11.7 Å². The van der Waals surface area contributed by atoms with Crippen LogP contribution in [0.15, 0.2) is 0 Å². The summed E-state index contributed by atoms with van der Waals surface area (Å²) in [5.74, 6) is 0.373. The van der Waals surface area contributed by atoms with Crippen molar-refractivity contribution in [2.75, 3.05) is 27.2 Å². The van der Waals surface area contributed by atoms with Crippen molar-refractivity contribution in [1.82, 2.24) is 16.0 Å². The van der Waals surface area contributed by atoms with Crippen LogP contribution >= 0.6 is 0 Å². The second-order valence-electron chi connectivity index (χ2n) is 3.12. The Morgan fingerprint density at radius 3 is 2.29 bits per heavy atom. The zero-order valence-electron chi connectivity index (χ0n) is 9.02. The first-order chi connectivity index (χ1) is 6.61. The van der Waals surface area contributed by atoms with Gasteiger partial charge >= 0.3 is 0 Å². The Balaban J connectivity index is 0.000000344. The average molecular weight is 201 g/mol. The van der Waals surface area contributed by atoms with Crippen LogP contribution in [0.25, 0.3) is 0 Å². The van der Waals surface area contributed by atoms with Crippen molar-refractivity contribution < 1.29 is 9.59 Å². The van der Waals surface area contributed by atoms with E-state index in [9.17, 15) is 9.59 Å². The average Bonchev–Trinajstić information content (AvgIpc) is 2.90. The van der Waals surface area contributed by atoms with Gasteiger partial charge in [-0.1, -0.05) is 0 Å². The lowest BCUT2D eigenvalue weighted by atomic mass is 10.1. The van der Waals surface area contributed by atoms with E-state index in [-0.39, 0.29) is 17.7 Å². The fourth-order valence-electron chi connectivity index (χ4n) is 0.876. The fraction of sp³-hybridized carbons (Fsp3) is 0.778. The molecule has 0 aromatic heterocycles. The lowest BCUT2D eigenvalue weighted by molar-refractivity contribution is -0.119. The third kappa shape index (κ3) is 7.70. The summed E-state index contributed by atoms with van der Waals surface area (Å²) in [4.78, 5) is 20.2. The van der Waals surface area contributed by atoms with Crippen LogP contribution in [0.1, 0.15) is 13.3 Å². The maximum atomic E-state index is 10.8. The summed E-state index contributed by atoms with van der Waals surface area (Å²) in [7, 11) is 3.69. The van der Waals surface area contributed by atoms with Gasteiger partial charge in [-0.25, -0.2) is 0 Å². The van der Waals surface area contributed by atoms with Crippen LogP contribution in [0.4, 0.5) is 0 Å². The predicted molar refractivity (Wildman–Crippen MR) is 55.1 cm³/mol. The van der Waals surface area contributed by atoms with E-state index in [1.165, 1.54) is 0 Å². The Morgan fingerprint density at radius 1 is 1.57 bits per heavy atom. The molecule has 0 spiro atoms. The van der Waals surface area contributed by atoms with Gasteiger partial charge in [0.25, 0.3) is 0 Å². The summed E-state index contributed by atoms with van der Waals surface area (Å²) in [6, 6.07) is 0.0208. The first-order valence-corrected chi connectivity index (χ1v) is 4.70. The molecule has 1 rings (SSSR count). The van der Waals surface area contributed by atoms with E-state index in [2.05, 4.69) is 16.0 Å². The fourth-order valence-corrected chi connectivity index (χ4v) is 0.876. The van der Waals surface area contributed by atoms with E-state index in [1.807, 2.05) is 14.1 Å². The summed E-state index contributed by atoms with van der Waals surface area (Å²) < 4.78 is 0. The smallest absolute Gasteiger partial charge is 0.239 e. The monoisotopic (exact) mass is 201 g/mol. The highest BCUT2D eigenvalue weighted by atomic mass is 16.2. The molecule has 1 aliphatic rings. The van der Waals surface area contributed by atoms with Gasteiger partial charge in [-0.3, -0.25) is 9.59 Å². The molecule has 82 valence electrons. The van der Waals surface area contributed by atoms with Crippen LogP contribution in [0, 0.1) is 0 Å². The summed E-state index contributed by atoms with van der Waals surface area (Å²) in [5, 5.41) is 8.40.